The lowest BCUT2D eigenvalue weighted by atomic mass is 10.2. The van der Waals surface area contributed by atoms with E-state index < -0.39 is 0 Å². The first-order valence-corrected chi connectivity index (χ1v) is 6.22. The van der Waals surface area contributed by atoms with Gasteiger partial charge in [-0.2, -0.15) is 0 Å². The van der Waals surface area contributed by atoms with Crippen LogP contribution in [0.4, 0.5) is 0 Å². The van der Waals surface area contributed by atoms with Crippen LogP contribution in [0.2, 0.25) is 5.28 Å². The Labute approximate surface area is 101 Å². The lowest BCUT2D eigenvalue weighted by Gasteiger charge is -2.10. The van der Waals surface area contributed by atoms with E-state index in [0.717, 1.165) is 24.9 Å². The highest BCUT2D eigenvalue weighted by molar-refractivity contribution is 6.28. The second kappa shape index (κ2) is 5.15. The number of rotatable bonds is 6. The molecule has 0 N–H and O–H groups in total. The molecule has 1 heterocycles. The Morgan fingerprint density at radius 2 is 2.19 bits per heavy atom. The highest BCUT2D eigenvalue weighted by atomic mass is 35.5. The number of nitrogens with zero attached hydrogens (tertiary/aromatic N) is 3. The summed E-state index contributed by atoms with van der Waals surface area (Å²) < 4.78 is 7.52. The number of aromatic nitrogens is 3. The molecule has 1 fully saturated rings. The summed E-state index contributed by atoms with van der Waals surface area (Å²) in [5, 5.41) is 8.41. The molecule has 5 heteroatoms. The van der Waals surface area contributed by atoms with Gasteiger partial charge < -0.3 is 4.74 Å². The van der Waals surface area contributed by atoms with Crippen LogP contribution in [0.1, 0.15) is 38.4 Å². The SMILES string of the molecule is CC(C)c1nnc(Cl)n1CCOCC1CC1. The Bertz CT molecular complexity index is 347. The minimum absolute atomic E-state index is 0.337. The summed E-state index contributed by atoms with van der Waals surface area (Å²) in [4.78, 5) is 0. The van der Waals surface area contributed by atoms with Crippen molar-refractivity contribution >= 4 is 11.6 Å². The fraction of sp³-hybridized carbons (Fsp3) is 0.818. The van der Waals surface area contributed by atoms with E-state index in [1.54, 1.807) is 0 Å². The van der Waals surface area contributed by atoms with E-state index in [1.165, 1.54) is 12.8 Å². The molecule has 90 valence electrons. The molecule has 0 aliphatic heterocycles. The van der Waals surface area contributed by atoms with E-state index >= 15 is 0 Å². The minimum Gasteiger partial charge on any atom is -0.379 e. The van der Waals surface area contributed by atoms with Gasteiger partial charge in [0, 0.05) is 12.5 Å². The second-order valence-corrected chi connectivity index (χ2v) is 4.99. The fourth-order valence-corrected chi connectivity index (χ4v) is 1.83. The number of hydrogen-bond donors (Lipinski definition) is 0. The quantitative estimate of drug-likeness (QED) is 0.721. The summed E-state index contributed by atoms with van der Waals surface area (Å²) >= 11 is 5.98. The number of ether oxygens (including phenoxy) is 1. The van der Waals surface area contributed by atoms with Crippen molar-refractivity contribution in [2.24, 2.45) is 5.92 Å². The van der Waals surface area contributed by atoms with Gasteiger partial charge in [0.15, 0.2) is 0 Å². The van der Waals surface area contributed by atoms with Crippen molar-refractivity contribution in [1.29, 1.82) is 0 Å². The molecule has 0 bridgehead atoms. The van der Waals surface area contributed by atoms with E-state index in [0.29, 0.717) is 17.8 Å². The second-order valence-electron chi connectivity index (χ2n) is 4.65. The lowest BCUT2D eigenvalue weighted by Crippen LogP contribution is -2.11. The van der Waals surface area contributed by atoms with Crippen LogP contribution in [0.5, 0.6) is 0 Å². The molecule has 1 aliphatic carbocycles. The summed E-state index contributed by atoms with van der Waals surface area (Å²) in [6, 6.07) is 0. The van der Waals surface area contributed by atoms with Gasteiger partial charge in [0.1, 0.15) is 5.82 Å². The summed E-state index contributed by atoms with van der Waals surface area (Å²) in [5.74, 6) is 2.07. The summed E-state index contributed by atoms with van der Waals surface area (Å²) in [6.07, 6.45) is 2.65. The molecule has 2 rings (SSSR count). The Morgan fingerprint density at radius 3 is 2.81 bits per heavy atom. The highest BCUT2D eigenvalue weighted by Gasteiger charge is 2.21. The topological polar surface area (TPSA) is 39.9 Å². The van der Waals surface area contributed by atoms with E-state index in [-0.39, 0.29) is 0 Å². The van der Waals surface area contributed by atoms with Crippen molar-refractivity contribution in [3.05, 3.63) is 11.1 Å². The van der Waals surface area contributed by atoms with Crippen LogP contribution in [-0.2, 0) is 11.3 Å². The van der Waals surface area contributed by atoms with Crippen LogP contribution in [0.25, 0.3) is 0 Å². The molecular weight excluding hydrogens is 226 g/mol. The molecule has 0 spiro atoms. The zero-order valence-electron chi connectivity index (χ0n) is 9.82. The maximum atomic E-state index is 5.98. The first kappa shape index (κ1) is 11.9. The highest BCUT2D eigenvalue weighted by Crippen LogP contribution is 2.28. The van der Waals surface area contributed by atoms with Crippen LogP contribution in [0.3, 0.4) is 0 Å². The summed E-state index contributed by atoms with van der Waals surface area (Å²) in [7, 11) is 0. The van der Waals surface area contributed by atoms with Crippen LogP contribution in [0.15, 0.2) is 0 Å². The van der Waals surface area contributed by atoms with Crippen molar-refractivity contribution in [2.45, 2.75) is 39.2 Å². The number of hydrogen-bond acceptors (Lipinski definition) is 3. The Kier molecular flexibility index (Phi) is 3.82. The van der Waals surface area contributed by atoms with E-state index in [9.17, 15) is 0 Å². The first-order valence-electron chi connectivity index (χ1n) is 5.85. The third-order valence-electron chi connectivity index (χ3n) is 2.76. The van der Waals surface area contributed by atoms with Crippen LogP contribution in [-0.4, -0.2) is 28.0 Å². The monoisotopic (exact) mass is 243 g/mol. The molecule has 16 heavy (non-hydrogen) atoms. The van der Waals surface area contributed by atoms with Gasteiger partial charge in [-0.25, -0.2) is 0 Å². The maximum Gasteiger partial charge on any atom is 0.225 e. The van der Waals surface area contributed by atoms with Crippen molar-refractivity contribution in [3.63, 3.8) is 0 Å². The molecule has 1 aromatic heterocycles. The average Bonchev–Trinajstić information content (AvgIpc) is 2.98. The fourth-order valence-electron chi connectivity index (χ4n) is 1.62. The Morgan fingerprint density at radius 1 is 1.44 bits per heavy atom. The largest absolute Gasteiger partial charge is 0.379 e. The molecule has 0 amide bonds. The minimum atomic E-state index is 0.337. The van der Waals surface area contributed by atoms with Gasteiger partial charge in [-0.15, -0.1) is 10.2 Å². The molecule has 0 saturated heterocycles. The molecule has 1 aliphatic rings. The van der Waals surface area contributed by atoms with Gasteiger partial charge in [-0.05, 0) is 30.4 Å². The van der Waals surface area contributed by atoms with Gasteiger partial charge >= 0.3 is 0 Å². The van der Waals surface area contributed by atoms with E-state index in [2.05, 4.69) is 24.0 Å². The van der Waals surface area contributed by atoms with Gasteiger partial charge in [-0.1, -0.05) is 13.8 Å². The first-order chi connectivity index (χ1) is 7.68. The van der Waals surface area contributed by atoms with Gasteiger partial charge in [0.2, 0.25) is 5.28 Å². The molecule has 1 aromatic rings. The predicted octanol–water partition coefficient (Wildman–Crippen LogP) is 2.48. The Balaban J connectivity index is 1.83. The summed E-state index contributed by atoms with van der Waals surface area (Å²) in [5.41, 5.74) is 0. The zero-order valence-corrected chi connectivity index (χ0v) is 10.6. The summed E-state index contributed by atoms with van der Waals surface area (Å²) in [6.45, 7) is 6.49. The van der Waals surface area contributed by atoms with Gasteiger partial charge in [-0.3, -0.25) is 4.57 Å². The van der Waals surface area contributed by atoms with Gasteiger partial charge in [0.05, 0.1) is 13.2 Å². The third-order valence-corrected chi connectivity index (χ3v) is 3.04. The number of halogens is 1. The molecular formula is C11H18ClN3O. The predicted molar refractivity (Wildman–Crippen MR) is 62.7 cm³/mol. The van der Waals surface area contributed by atoms with Crippen molar-refractivity contribution in [3.8, 4) is 0 Å². The molecule has 0 atom stereocenters. The van der Waals surface area contributed by atoms with E-state index in [1.807, 2.05) is 4.57 Å². The van der Waals surface area contributed by atoms with E-state index in [4.69, 9.17) is 16.3 Å². The van der Waals surface area contributed by atoms with Crippen molar-refractivity contribution in [2.75, 3.05) is 13.2 Å². The average molecular weight is 244 g/mol. The van der Waals surface area contributed by atoms with Crippen LogP contribution < -0.4 is 0 Å². The van der Waals surface area contributed by atoms with Crippen molar-refractivity contribution in [1.82, 2.24) is 14.8 Å². The molecule has 1 saturated carbocycles. The smallest absolute Gasteiger partial charge is 0.225 e. The van der Waals surface area contributed by atoms with Crippen LogP contribution >= 0.6 is 11.6 Å². The molecule has 0 aromatic carbocycles. The van der Waals surface area contributed by atoms with Crippen LogP contribution in [0, 0.1) is 5.92 Å². The zero-order chi connectivity index (χ0) is 11.5. The molecule has 0 unspecified atom stereocenters. The van der Waals surface area contributed by atoms with Gasteiger partial charge in [0.25, 0.3) is 0 Å². The standard InChI is InChI=1S/C11H18ClN3O/c1-8(2)10-13-14-11(12)15(10)5-6-16-7-9-3-4-9/h8-9H,3-7H2,1-2H3. The third kappa shape index (κ3) is 2.95. The molecule has 0 radical (unpaired) electrons. The lowest BCUT2D eigenvalue weighted by molar-refractivity contribution is 0.116. The van der Waals surface area contributed by atoms with Crippen molar-refractivity contribution < 1.29 is 4.74 Å². The maximum absolute atomic E-state index is 5.98. The normalized spacial score (nSPS) is 16.0. The molecule has 4 nitrogen and oxygen atoms in total. The Hall–Kier alpha value is -0.610.